The van der Waals surface area contributed by atoms with Gasteiger partial charge in [0.1, 0.15) is 0 Å². The Hall–Kier alpha value is -0.950. The van der Waals surface area contributed by atoms with Crippen LogP contribution in [0.15, 0.2) is 0 Å². The van der Waals surface area contributed by atoms with Crippen molar-refractivity contribution in [2.24, 2.45) is 0 Å². The Bertz CT molecular complexity index is 419. The maximum Gasteiger partial charge on any atom is 0.322 e. The number of anilines is 1. The predicted octanol–water partition coefficient (Wildman–Crippen LogP) is 1.49. The highest BCUT2D eigenvalue weighted by Crippen LogP contribution is 2.11. The molecule has 102 valence electrons. The highest BCUT2D eigenvalue weighted by Gasteiger charge is 2.08. The zero-order chi connectivity index (χ0) is 13.5. The van der Waals surface area contributed by atoms with Crippen LogP contribution in [-0.4, -0.2) is 43.8 Å². The predicted molar refractivity (Wildman–Crippen MR) is 72.6 cm³/mol. The molecular weight excluding hydrogens is 276 g/mol. The van der Waals surface area contributed by atoms with E-state index in [9.17, 15) is 4.21 Å². The largest absolute Gasteiger partial charge is 0.464 e. The number of rotatable bonds is 7. The van der Waals surface area contributed by atoms with Gasteiger partial charge in [-0.25, -0.2) is 0 Å². The number of nitrogens with one attached hydrogen (secondary N) is 1. The van der Waals surface area contributed by atoms with E-state index in [4.69, 9.17) is 16.3 Å². The van der Waals surface area contributed by atoms with Crippen molar-refractivity contribution in [1.82, 2.24) is 15.0 Å². The molecule has 0 saturated heterocycles. The first-order valence-electron chi connectivity index (χ1n) is 5.63. The van der Waals surface area contributed by atoms with Crippen LogP contribution < -0.4 is 10.1 Å². The standard InChI is InChI=1S/C10H17ClN4O2S/c1-4-17-10-14-8(11)13-9(15-10)12-6-5-7(2)18(3)16/h7H,4-6H2,1-3H3,(H,12,13,14,15). The number of halogens is 1. The third-order valence-corrected chi connectivity index (χ3v) is 3.80. The smallest absolute Gasteiger partial charge is 0.322 e. The van der Waals surface area contributed by atoms with Crippen molar-refractivity contribution in [2.45, 2.75) is 25.5 Å². The van der Waals surface area contributed by atoms with E-state index < -0.39 is 10.8 Å². The summed E-state index contributed by atoms with van der Waals surface area (Å²) in [4.78, 5) is 11.8. The second-order valence-electron chi connectivity index (χ2n) is 3.67. The molecular formula is C10H17ClN4O2S. The van der Waals surface area contributed by atoms with Gasteiger partial charge in [0.25, 0.3) is 0 Å². The Labute approximate surface area is 114 Å². The lowest BCUT2D eigenvalue weighted by atomic mass is 10.3. The quantitative estimate of drug-likeness (QED) is 0.820. The van der Waals surface area contributed by atoms with Gasteiger partial charge in [-0.15, -0.1) is 0 Å². The van der Waals surface area contributed by atoms with E-state index in [1.54, 1.807) is 6.26 Å². The molecule has 2 atom stereocenters. The van der Waals surface area contributed by atoms with Gasteiger partial charge in [0.2, 0.25) is 11.2 Å². The van der Waals surface area contributed by atoms with Crippen LogP contribution in [0.3, 0.4) is 0 Å². The average Bonchev–Trinajstić information content (AvgIpc) is 2.28. The van der Waals surface area contributed by atoms with Gasteiger partial charge in [-0.3, -0.25) is 4.21 Å². The molecule has 0 bridgehead atoms. The number of nitrogens with zero attached hydrogens (tertiary/aromatic N) is 3. The Balaban J connectivity index is 2.53. The molecule has 0 aliphatic heterocycles. The van der Waals surface area contributed by atoms with Gasteiger partial charge >= 0.3 is 6.01 Å². The topological polar surface area (TPSA) is 77.0 Å². The monoisotopic (exact) mass is 292 g/mol. The van der Waals surface area contributed by atoms with E-state index in [-0.39, 0.29) is 16.5 Å². The summed E-state index contributed by atoms with van der Waals surface area (Å²) < 4.78 is 16.3. The lowest BCUT2D eigenvalue weighted by Crippen LogP contribution is -2.16. The molecule has 1 aromatic heterocycles. The maximum atomic E-state index is 11.2. The fraction of sp³-hybridized carbons (Fsp3) is 0.700. The zero-order valence-electron chi connectivity index (χ0n) is 10.6. The minimum atomic E-state index is -0.824. The van der Waals surface area contributed by atoms with Gasteiger partial charge in [0, 0.05) is 28.9 Å². The second kappa shape index (κ2) is 7.48. The zero-order valence-corrected chi connectivity index (χ0v) is 12.2. The maximum absolute atomic E-state index is 11.2. The van der Waals surface area contributed by atoms with Gasteiger partial charge in [-0.2, -0.15) is 15.0 Å². The van der Waals surface area contributed by atoms with Gasteiger partial charge in [-0.05, 0) is 24.9 Å². The van der Waals surface area contributed by atoms with Gasteiger partial charge in [0.15, 0.2) is 0 Å². The first-order valence-corrected chi connectivity index (χ1v) is 7.63. The summed E-state index contributed by atoms with van der Waals surface area (Å²) >= 11 is 5.75. The van der Waals surface area contributed by atoms with Crippen LogP contribution in [-0.2, 0) is 10.8 Å². The number of ether oxygens (including phenoxy) is 1. The third kappa shape index (κ3) is 5.14. The van der Waals surface area contributed by atoms with E-state index in [1.165, 1.54) is 0 Å². The molecule has 18 heavy (non-hydrogen) atoms. The minimum Gasteiger partial charge on any atom is -0.464 e. The summed E-state index contributed by atoms with van der Waals surface area (Å²) in [6.07, 6.45) is 2.45. The van der Waals surface area contributed by atoms with Crippen molar-refractivity contribution >= 4 is 28.3 Å². The summed E-state index contributed by atoms with van der Waals surface area (Å²) in [5, 5.41) is 3.22. The van der Waals surface area contributed by atoms with E-state index in [1.807, 2.05) is 13.8 Å². The van der Waals surface area contributed by atoms with Crippen molar-refractivity contribution in [3.05, 3.63) is 5.28 Å². The van der Waals surface area contributed by atoms with E-state index in [0.717, 1.165) is 6.42 Å². The first-order chi connectivity index (χ1) is 8.52. The minimum absolute atomic E-state index is 0.0862. The van der Waals surface area contributed by atoms with Crippen LogP contribution in [0, 0.1) is 0 Å². The van der Waals surface area contributed by atoms with Crippen LogP contribution in [0.4, 0.5) is 5.95 Å². The van der Waals surface area contributed by atoms with Crippen molar-refractivity contribution in [2.75, 3.05) is 24.7 Å². The van der Waals surface area contributed by atoms with Gasteiger partial charge in [0.05, 0.1) is 6.61 Å². The molecule has 0 aliphatic rings. The normalized spacial score (nSPS) is 14.0. The fourth-order valence-corrected chi connectivity index (χ4v) is 1.76. The fourth-order valence-electron chi connectivity index (χ4n) is 1.16. The molecule has 0 fully saturated rings. The summed E-state index contributed by atoms with van der Waals surface area (Å²) in [6, 6.07) is 0.201. The number of aromatic nitrogens is 3. The summed E-state index contributed by atoms with van der Waals surface area (Å²) in [5.74, 6) is 0.368. The second-order valence-corrected chi connectivity index (χ2v) is 5.81. The van der Waals surface area contributed by atoms with Crippen LogP contribution in [0.2, 0.25) is 5.28 Å². The molecule has 6 nitrogen and oxygen atoms in total. The summed E-state index contributed by atoms with van der Waals surface area (Å²) in [5.41, 5.74) is 0. The molecule has 1 aromatic rings. The summed E-state index contributed by atoms with van der Waals surface area (Å²) in [6.45, 7) is 4.85. The number of hydrogen-bond acceptors (Lipinski definition) is 6. The summed E-state index contributed by atoms with van der Waals surface area (Å²) in [7, 11) is -0.824. The van der Waals surface area contributed by atoms with E-state index in [0.29, 0.717) is 19.1 Å². The van der Waals surface area contributed by atoms with Crippen molar-refractivity contribution in [3.8, 4) is 6.01 Å². The molecule has 0 saturated carbocycles. The average molecular weight is 293 g/mol. The third-order valence-electron chi connectivity index (χ3n) is 2.26. The molecule has 0 radical (unpaired) electrons. The molecule has 8 heteroatoms. The lowest BCUT2D eigenvalue weighted by molar-refractivity contribution is 0.312. The van der Waals surface area contributed by atoms with E-state index >= 15 is 0 Å². The molecule has 0 aliphatic carbocycles. The van der Waals surface area contributed by atoms with Crippen LogP contribution >= 0.6 is 11.6 Å². The molecule has 0 amide bonds. The van der Waals surface area contributed by atoms with Gasteiger partial charge in [-0.1, -0.05) is 6.92 Å². The Morgan fingerprint density at radius 3 is 2.78 bits per heavy atom. The Kier molecular flexibility index (Phi) is 6.28. The van der Waals surface area contributed by atoms with Crippen LogP contribution in [0.1, 0.15) is 20.3 Å². The van der Waals surface area contributed by atoms with E-state index in [2.05, 4.69) is 20.3 Å². The molecule has 0 aromatic carbocycles. The molecule has 1 N–H and O–H groups in total. The molecule has 0 spiro atoms. The highest BCUT2D eigenvalue weighted by molar-refractivity contribution is 7.84. The Morgan fingerprint density at radius 2 is 2.17 bits per heavy atom. The SMILES string of the molecule is CCOc1nc(Cl)nc(NCCC(C)S(C)=O)n1. The number of hydrogen-bond donors (Lipinski definition) is 1. The molecule has 2 unspecified atom stereocenters. The Morgan fingerprint density at radius 1 is 1.44 bits per heavy atom. The first kappa shape index (κ1) is 15.1. The molecule has 1 heterocycles. The van der Waals surface area contributed by atoms with Crippen molar-refractivity contribution in [3.63, 3.8) is 0 Å². The molecule has 1 rings (SSSR count). The van der Waals surface area contributed by atoms with Crippen LogP contribution in [0.25, 0.3) is 0 Å². The highest BCUT2D eigenvalue weighted by atomic mass is 35.5. The van der Waals surface area contributed by atoms with Gasteiger partial charge < -0.3 is 10.1 Å². The van der Waals surface area contributed by atoms with Crippen LogP contribution in [0.5, 0.6) is 6.01 Å². The van der Waals surface area contributed by atoms with Crippen molar-refractivity contribution < 1.29 is 8.95 Å². The van der Waals surface area contributed by atoms with Crippen molar-refractivity contribution in [1.29, 1.82) is 0 Å². The lowest BCUT2D eigenvalue weighted by Gasteiger charge is -2.09.